The van der Waals surface area contributed by atoms with Gasteiger partial charge >= 0.3 is 6.03 Å². The highest BCUT2D eigenvalue weighted by Gasteiger charge is 2.23. The Balaban J connectivity index is 1.48. The van der Waals surface area contributed by atoms with Gasteiger partial charge in [0.25, 0.3) is 0 Å². The van der Waals surface area contributed by atoms with Gasteiger partial charge in [-0.1, -0.05) is 12.1 Å². The molecule has 1 aliphatic carbocycles. The van der Waals surface area contributed by atoms with E-state index in [0.717, 1.165) is 18.4 Å². The van der Waals surface area contributed by atoms with E-state index in [0.29, 0.717) is 23.1 Å². The molecular formula is C20H22N4O3. The molecule has 4 amide bonds. The van der Waals surface area contributed by atoms with E-state index in [1.807, 2.05) is 0 Å². The van der Waals surface area contributed by atoms with Crippen molar-refractivity contribution in [2.45, 2.75) is 32.2 Å². The molecule has 0 unspecified atom stereocenters. The first-order valence-electron chi connectivity index (χ1n) is 8.82. The van der Waals surface area contributed by atoms with E-state index in [1.165, 1.54) is 6.92 Å². The van der Waals surface area contributed by atoms with E-state index >= 15 is 0 Å². The van der Waals surface area contributed by atoms with Gasteiger partial charge in [0.2, 0.25) is 11.8 Å². The van der Waals surface area contributed by atoms with E-state index < -0.39 is 0 Å². The largest absolute Gasteiger partial charge is 0.335 e. The summed E-state index contributed by atoms with van der Waals surface area (Å²) in [5.74, 6) is -0.280. The van der Waals surface area contributed by atoms with Crippen LogP contribution in [0.4, 0.5) is 21.9 Å². The zero-order chi connectivity index (χ0) is 19.2. The summed E-state index contributed by atoms with van der Waals surface area (Å²) in [4.78, 5) is 34.9. The minimum Gasteiger partial charge on any atom is -0.335 e. The minimum absolute atomic E-state index is 0.136. The van der Waals surface area contributed by atoms with Crippen LogP contribution in [0.1, 0.15) is 25.3 Å². The van der Waals surface area contributed by atoms with Gasteiger partial charge in [0.1, 0.15) is 0 Å². The Labute approximate surface area is 157 Å². The molecule has 0 spiro atoms. The molecule has 0 radical (unpaired) electrons. The van der Waals surface area contributed by atoms with Crippen LogP contribution in [-0.4, -0.2) is 23.9 Å². The van der Waals surface area contributed by atoms with Crippen LogP contribution < -0.4 is 21.3 Å². The highest BCUT2D eigenvalue weighted by Crippen LogP contribution is 2.19. The van der Waals surface area contributed by atoms with Gasteiger partial charge in [0.15, 0.2) is 0 Å². The average molecular weight is 366 g/mol. The fraction of sp³-hybridized carbons (Fsp3) is 0.250. The summed E-state index contributed by atoms with van der Waals surface area (Å²) in [6, 6.07) is 14.2. The Morgan fingerprint density at radius 1 is 0.815 bits per heavy atom. The molecule has 0 saturated heterocycles. The Bertz CT molecular complexity index is 827. The van der Waals surface area contributed by atoms with Gasteiger partial charge in [0, 0.05) is 30.0 Å². The highest BCUT2D eigenvalue weighted by molar-refractivity contribution is 5.93. The van der Waals surface area contributed by atoms with E-state index in [9.17, 15) is 14.4 Å². The van der Waals surface area contributed by atoms with Crippen molar-refractivity contribution in [3.05, 3.63) is 54.1 Å². The van der Waals surface area contributed by atoms with E-state index in [1.54, 1.807) is 48.5 Å². The molecule has 0 heterocycles. The van der Waals surface area contributed by atoms with E-state index in [-0.39, 0.29) is 24.3 Å². The van der Waals surface area contributed by atoms with Crippen LogP contribution in [0.25, 0.3) is 0 Å². The Morgan fingerprint density at radius 2 is 1.33 bits per heavy atom. The fourth-order valence-electron chi connectivity index (χ4n) is 2.52. The lowest BCUT2D eigenvalue weighted by atomic mass is 10.1. The topological polar surface area (TPSA) is 99.3 Å². The zero-order valence-electron chi connectivity index (χ0n) is 15.0. The van der Waals surface area contributed by atoms with Crippen molar-refractivity contribution in [1.82, 2.24) is 5.32 Å². The molecule has 1 fully saturated rings. The predicted octanol–water partition coefficient (Wildman–Crippen LogP) is 3.11. The van der Waals surface area contributed by atoms with Crippen LogP contribution in [0.3, 0.4) is 0 Å². The standard InChI is InChI=1S/C20H22N4O3/c1-13(25)21-15-4-2-14(3-5-15)12-19(26)22-16-6-8-17(9-7-16)23-20(27)24-18-10-11-18/h2-9,18H,10-12H2,1H3,(H,21,25)(H,22,26)(H2,23,24,27). The van der Waals surface area contributed by atoms with Crippen molar-refractivity contribution in [3.63, 3.8) is 0 Å². The highest BCUT2D eigenvalue weighted by atomic mass is 16.2. The minimum atomic E-state index is -0.211. The SMILES string of the molecule is CC(=O)Nc1ccc(CC(=O)Nc2ccc(NC(=O)NC3CC3)cc2)cc1. The maximum atomic E-state index is 12.2. The number of benzene rings is 2. The third kappa shape index (κ3) is 6.14. The summed E-state index contributed by atoms with van der Waals surface area (Å²) in [6.07, 6.45) is 2.30. The van der Waals surface area contributed by atoms with E-state index in [4.69, 9.17) is 0 Å². The summed E-state index contributed by atoms with van der Waals surface area (Å²) in [5.41, 5.74) is 2.86. The first kappa shape index (κ1) is 18.4. The van der Waals surface area contributed by atoms with Gasteiger partial charge < -0.3 is 21.3 Å². The number of rotatable bonds is 6. The van der Waals surface area contributed by atoms with Crippen molar-refractivity contribution in [2.75, 3.05) is 16.0 Å². The number of amides is 4. The molecule has 0 atom stereocenters. The van der Waals surface area contributed by atoms with Crippen LogP contribution >= 0.6 is 0 Å². The third-order valence-corrected chi connectivity index (χ3v) is 3.98. The van der Waals surface area contributed by atoms with Crippen molar-refractivity contribution in [3.8, 4) is 0 Å². The van der Waals surface area contributed by atoms with Crippen LogP contribution in [-0.2, 0) is 16.0 Å². The molecule has 2 aromatic rings. The summed E-state index contributed by atoms with van der Waals surface area (Å²) >= 11 is 0. The van der Waals surface area contributed by atoms with Crippen molar-refractivity contribution < 1.29 is 14.4 Å². The second kappa shape index (κ2) is 8.35. The number of hydrogen-bond acceptors (Lipinski definition) is 3. The quantitative estimate of drug-likeness (QED) is 0.632. The first-order valence-corrected chi connectivity index (χ1v) is 8.82. The number of hydrogen-bond donors (Lipinski definition) is 4. The molecule has 7 heteroatoms. The Morgan fingerprint density at radius 3 is 1.89 bits per heavy atom. The van der Waals surface area contributed by atoms with Crippen LogP contribution in [0.15, 0.2) is 48.5 Å². The monoisotopic (exact) mass is 366 g/mol. The van der Waals surface area contributed by atoms with E-state index in [2.05, 4.69) is 21.3 Å². The first-order chi connectivity index (χ1) is 13.0. The van der Waals surface area contributed by atoms with Crippen LogP contribution in [0, 0.1) is 0 Å². The van der Waals surface area contributed by atoms with Gasteiger partial charge in [-0.3, -0.25) is 9.59 Å². The molecule has 4 N–H and O–H groups in total. The van der Waals surface area contributed by atoms with Gasteiger partial charge in [-0.2, -0.15) is 0 Å². The summed E-state index contributed by atoms with van der Waals surface area (Å²) < 4.78 is 0. The maximum Gasteiger partial charge on any atom is 0.319 e. The third-order valence-electron chi connectivity index (χ3n) is 3.98. The van der Waals surface area contributed by atoms with Crippen LogP contribution in [0.5, 0.6) is 0 Å². The zero-order valence-corrected chi connectivity index (χ0v) is 15.0. The van der Waals surface area contributed by atoms with Gasteiger partial charge in [0.05, 0.1) is 6.42 Å². The second-order valence-corrected chi connectivity index (χ2v) is 6.55. The lowest BCUT2D eigenvalue weighted by Crippen LogP contribution is -2.30. The lowest BCUT2D eigenvalue weighted by Gasteiger charge is -2.09. The Kier molecular flexibility index (Phi) is 5.71. The predicted molar refractivity (Wildman–Crippen MR) is 105 cm³/mol. The molecule has 2 aromatic carbocycles. The molecule has 0 bridgehead atoms. The number of carbonyl (C=O) groups is 3. The van der Waals surface area contributed by atoms with Crippen LogP contribution in [0.2, 0.25) is 0 Å². The fourth-order valence-corrected chi connectivity index (χ4v) is 2.52. The summed E-state index contributed by atoms with van der Waals surface area (Å²) in [5, 5.41) is 11.1. The second-order valence-electron chi connectivity index (χ2n) is 6.55. The van der Waals surface area contributed by atoms with Crippen molar-refractivity contribution in [1.29, 1.82) is 0 Å². The number of urea groups is 1. The molecule has 140 valence electrons. The molecule has 7 nitrogen and oxygen atoms in total. The molecule has 0 aliphatic heterocycles. The molecule has 1 saturated carbocycles. The van der Waals surface area contributed by atoms with Gasteiger partial charge in [-0.15, -0.1) is 0 Å². The average Bonchev–Trinajstić information content (AvgIpc) is 3.42. The molecule has 27 heavy (non-hydrogen) atoms. The molecule has 1 aliphatic rings. The van der Waals surface area contributed by atoms with Gasteiger partial charge in [-0.25, -0.2) is 4.79 Å². The Hall–Kier alpha value is -3.35. The summed E-state index contributed by atoms with van der Waals surface area (Å²) in [6.45, 7) is 1.45. The van der Waals surface area contributed by atoms with Crippen molar-refractivity contribution in [2.24, 2.45) is 0 Å². The molecule has 3 rings (SSSR count). The smallest absolute Gasteiger partial charge is 0.319 e. The molecular weight excluding hydrogens is 344 g/mol. The lowest BCUT2D eigenvalue weighted by molar-refractivity contribution is -0.116. The van der Waals surface area contributed by atoms with Crippen molar-refractivity contribution >= 4 is 34.9 Å². The number of anilines is 3. The number of carbonyl (C=O) groups excluding carboxylic acids is 3. The maximum absolute atomic E-state index is 12.2. The normalized spacial score (nSPS) is 12.8. The molecule has 0 aromatic heterocycles. The number of nitrogens with one attached hydrogen (secondary N) is 4. The summed E-state index contributed by atoms with van der Waals surface area (Å²) in [7, 11) is 0. The van der Waals surface area contributed by atoms with Gasteiger partial charge in [-0.05, 0) is 54.8 Å².